The molecule has 11 heteroatoms. The van der Waals surface area contributed by atoms with E-state index in [9.17, 15) is 16.8 Å². The van der Waals surface area contributed by atoms with Crippen molar-refractivity contribution >= 4 is 37.1 Å². The lowest BCUT2D eigenvalue weighted by Gasteiger charge is -2.15. The first-order valence-corrected chi connectivity index (χ1v) is 12.1. The molecule has 0 amide bonds. The molecule has 1 aromatic heterocycles. The van der Waals surface area contributed by atoms with Crippen molar-refractivity contribution in [3.05, 3.63) is 65.9 Å². The normalized spacial score (nSPS) is 11.7. The van der Waals surface area contributed by atoms with Crippen molar-refractivity contribution in [2.75, 3.05) is 18.1 Å². The van der Waals surface area contributed by atoms with E-state index in [-0.39, 0.29) is 27.0 Å². The Labute approximate surface area is 179 Å². The molecule has 1 N–H and O–H groups in total. The maximum atomic E-state index is 12.8. The van der Waals surface area contributed by atoms with Gasteiger partial charge in [0.1, 0.15) is 5.75 Å². The molecular formula is C19H17ClN2O6S2. The Morgan fingerprint density at radius 1 is 0.967 bits per heavy atom. The summed E-state index contributed by atoms with van der Waals surface area (Å²) >= 11 is 5.91. The van der Waals surface area contributed by atoms with Gasteiger partial charge in [0.05, 0.1) is 33.8 Å². The Morgan fingerprint density at radius 3 is 2.23 bits per heavy atom. The molecule has 0 unspecified atom stereocenters. The number of hydrogen-bond acceptors (Lipinski definition) is 7. The van der Waals surface area contributed by atoms with E-state index in [1.165, 1.54) is 49.8 Å². The molecule has 0 saturated carbocycles. The van der Waals surface area contributed by atoms with Gasteiger partial charge in [-0.2, -0.15) is 0 Å². The van der Waals surface area contributed by atoms with Crippen LogP contribution in [-0.4, -0.2) is 35.2 Å². The van der Waals surface area contributed by atoms with E-state index in [1.54, 1.807) is 18.2 Å². The summed E-state index contributed by atoms with van der Waals surface area (Å²) in [6, 6.07) is 11.1. The zero-order valence-electron chi connectivity index (χ0n) is 15.9. The van der Waals surface area contributed by atoms with Crippen LogP contribution >= 0.6 is 11.6 Å². The summed E-state index contributed by atoms with van der Waals surface area (Å²) in [6.07, 6.45) is 3.94. The van der Waals surface area contributed by atoms with Gasteiger partial charge in [-0.3, -0.25) is 9.71 Å². The van der Waals surface area contributed by atoms with Gasteiger partial charge in [0.25, 0.3) is 10.0 Å². The quantitative estimate of drug-likeness (QED) is 0.562. The third-order valence-corrected chi connectivity index (χ3v) is 6.61. The molecule has 1 heterocycles. The number of benzene rings is 2. The maximum absolute atomic E-state index is 12.8. The Kier molecular flexibility index (Phi) is 6.20. The molecule has 30 heavy (non-hydrogen) atoms. The number of hydrogen-bond donors (Lipinski definition) is 1. The lowest BCUT2D eigenvalue weighted by atomic mass is 10.3. The minimum Gasteiger partial charge on any atom is -0.491 e. The van der Waals surface area contributed by atoms with Crippen LogP contribution in [-0.2, 0) is 19.9 Å². The highest BCUT2D eigenvalue weighted by Crippen LogP contribution is 2.39. The molecule has 8 nitrogen and oxygen atoms in total. The molecule has 3 rings (SSSR count). The van der Waals surface area contributed by atoms with Crippen molar-refractivity contribution in [3.63, 3.8) is 0 Å². The zero-order chi connectivity index (χ0) is 21.9. The van der Waals surface area contributed by atoms with E-state index in [2.05, 4.69) is 9.71 Å². The number of sulfonamides is 1. The number of methoxy groups -OCH3 is 1. The molecule has 0 aliphatic heterocycles. The highest BCUT2D eigenvalue weighted by molar-refractivity contribution is 7.92. The lowest BCUT2D eigenvalue weighted by molar-refractivity contribution is 0.380. The van der Waals surface area contributed by atoms with Crippen LogP contribution in [0, 0.1) is 0 Å². The molecule has 0 aliphatic rings. The van der Waals surface area contributed by atoms with E-state index in [1.807, 2.05) is 0 Å². The molecule has 158 valence electrons. The van der Waals surface area contributed by atoms with E-state index >= 15 is 0 Å². The largest absolute Gasteiger partial charge is 0.491 e. The third-order valence-electron chi connectivity index (χ3n) is 3.90. The highest BCUT2D eigenvalue weighted by Gasteiger charge is 2.20. The van der Waals surface area contributed by atoms with Gasteiger partial charge >= 0.3 is 0 Å². The average Bonchev–Trinajstić information content (AvgIpc) is 2.67. The van der Waals surface area contributed by atoms with Crippen molar-refractivity contribution in [3.8, 4) is 17.2 Å². The number of aromatic nitrogens is 1. The standard InChI is InChI=1S/C19H17ClN2O6S2/c1-27-19-17(4-3-5-18(19)28-14-10-13(20)11-21-12-14)22-30(25,26)16-8-6-15(7-9-16)29(2,23)24/h3-12,22H,1-2H3. The summed E-state index contributed by atoms with van der Waals surface area (Å²) in [5.74, 6) is 0.736. The van der Waals surface area contributed by atoms with E-state index in [0.29, 0.717) is 10.8 Å². The Balaban J connectivity index is 1.92. The molecule has 0 fully saturated rings. The molecule has 0 spiro atoms. The zero-order valence-corrected chi connectivity index (χ0v) is 18.3. The van der Waals surface area contributed by atoms with Gasteiger partial charge in [0, 0.05) is 18.5 Å². The number of nitrogens with zero attached hydrogens (tertiary/aromatic N) is 1. The molecule has 3 aromatic rings. The highest BCUT2D eigenvalue weighted by atomic mass is 35.5. The van der Waals surface area contributed by atoms with Crippen LogP contribution in [0.1, 0.15) is 0 Å². The van der Waals surface area contributed by atoms with Gasteiger partial charge in [-0.1, -0.05) is 17.7 Å². The predicted octanol–water partition coefficient (Wildman–Crippen LogP) is 3.74. The van der Waals surface area contributed by atoms with Crippen molar-refractivity contribution in [1.29, 1.82) is 0 Å². The maximum Gasteiger partial charge on any atom is 0.262 e. The topological polar surface area (TPSA) is 112 Å². The number of sulfone groups is 1. The lowest BCUT2D eigenvalue weighted by Crippen LogP contribution is -2.14. The minimum atomic E-state index is -4.02. The summed E-state index contributed by atoms with van der Waals surface area (Å²) in [6.45, 7) is 0. The van der Waals surface area contributed by atoms with Crippen molar-refractivity contribution in [2.45, 2.75) is 9.79 Å². The number of rotatable bonds is 7. The van der Waals surface area contributed by atoms with Crippen molar-refractivity contribution < 1.29 is 26.3 Å². The Hall–Kier alpha value is -2.82. The van der Waals surface area contributed by atoms with E-state index < -0.39 is 19.9 Å². The third kappa shape index (κ3) is 5.02. The number of para-hydroxylation sites is 1. The average molecular weight is 469 g/mol. The second-order valence-corrected chi connectivity index (χ2v) is 10.3. The van der Waals surface area contributed by atoms with Crippen LogP contribution in [0.3, 0.4) is 0 Å². The first-order valence-electron chi connectivity index (χ1n) is 8.38. The SMILES string of the molecule is COc1c(NS(=O)(=O)c2ccc(S(C)(=O)=O)cc2)cccc1Oc1cncc(Cl)c1. The van der Waals surface area contributed by atoms with Crippen molar-refractivity contribution in [2.24, 2.45) is 0 Å². The number of pyridine rings is 1. The summed E-state index contributed by atoms with van der Waals surface area (Å²) in [5.41, 5.74) is 0.136. The second-order valence-electron chi connectivity index (χ2n) is 6.13. The fraction of sp³-hybridized carbons (Fsp3) is 0.105. The predicted molar refractivity (Wildman–Crippen MR) is 113 cm³/mol. The minimum absolute atomic E-state index is 0.0181. The molecule has 0 bridgehead atoms. The van der Waals surface area contributed by atoms with Crippen molar-refractivity contribution in [1.82, 2.24) is 4.98 Å². The van der Waals surface area contributed by atoms with Crippen LogP contribution in [0.5, 0.6) is 17.2 Å². The molecule has 0 aliphatic carbocycles. The fourth-order valence-electron chi connectivity index (χ4n) is 2.53. The molecule has 0 radical (unpaired) electrons. The fourth-order valence-corrected chi connectivity index (χ4v) is 4.39. The Bertz CT molecular complexity index is 1280. The summed E-state index contributed by atoms with van der Waals surface area (Å²) in [7, 11) is -6.09. The van der Waals surface area contributed by atoms with Crippen LogP contribution in [0.15, 0.2) is 70.7 Å². The van der Waals surface area contributed by atoms with E-state index in [0.717, 1.165) is 6.26 Å². The molecule has 0 atom stereocenters. The first-order chi connectivity index (χ1) is 14.1. The smallest absolute Gasteiger partial charge is 0.262 e. The van der Waals surface area contributed by atoms with Crippen LogP contribution in [0.2, 0.25) is 5.02 Å². The van der Waals surface area contributed by atoms with Gasteiger partial charge in [0.2, 0.25) is 0 Å². The molecule has 2 aromatic carbocycles. The number of ether oxygens (including phenoxy) is 2. The van der Waals surface area contributed by atoms with Gasteiger partial charge in [0.15, 0.2) is 21.3 Å². The number of anilines is 1. The monoisotopic (exact) mass is 468 g/mol. The second kappa shape index (κ2) is 8.50. The number of halogens is 1. The van der Waals surface area contributed by atoms with Gasteiger partial charge in [-0.15, -0.1) is 0 Å². The van der Waals surface area contributed by atoms with Gasteiger partial charge < -0.3 is 9.47 Å². The van der Waals surface area contributed by atoms with Crippen LogP contribution < -0.4 is 14.2 Å². The van der Waals surface area contributed by atoms with Crippen LogP contribution in [0.25, 0.3) is 0 Å². The van der Waals surface area contributed by atoms with Gasteiger partial charge in [-0.05, 0) is 36.4 Å². The summed E-state index contributed by atoms with van der Waals surface area (Å²) in [4.78, 5) is 3.84. The van der Waals surface area contributed by atoms with Gasteiger partial charge in [-0.25, -0.2) is 16.8 Å². The Morgan fingerprint density at radius 2 is 1.63 bits per heavy atom. The summed E-state index contributed by atoms with van der Waals surface area (Å²) < 4.78 is 62.1. The van der Waals surface area contributed by atoms with Crippen LogP contribution in [0.4, 0.5) is 5.69 Å². The number of nitrogens with one attached hydrogen (secondary N) is 1. The van der Waals surface area contributed by atoms with E-state index in [4.69, 9.17) is 21.1 Å². The summed E-state index contributed by atoms with van der Waals surface area (Å²) in [5, 5.41) is 0.376. The first kappa shape index (κ1) is 21.9. The molecular weight excluding hydrogens is 452 g/mol. The molecule has 0 saturated heterocycles.